The lowest BCUT2D eigenvalue weighted by Gasteiger charge is -2.25. The SMILES string of the molecule is NC1CCOCC1c1nc(-c2cc(Br)cs2)no1. The first kappa shape index (κ1) is 12.3. The van der Waals surface area contributed by atoms with Gasteiger partial charge >= 0.3 is 0 Å². The van der Waals surface area contributed by atoms with Crippen molar-refractivity contribution < 1.29 is 9.26 Å². The molecule has 5 nitrogen and oxygen atoms in total. The van der Waals surface area contributed by atoms with Crippen LogP contribution < -0.4 is 5.73 Å². The van der Waals surface area contributed by atoms with Gasteiger partial charge in [0, 0.05) is 22.5 Å². The molecule has 2 aromatic rings. The Morgan fingerprint density at radius 1 is 1.50 bits per heavy atom. The van der Waals surface area contributed by atoms with Crippen molar-refractivity contribution in [2.45, 2.75) is 18.4 Å². The molecule has 0 aliphatic carbocycles. The normalized spacial score (nSPS) is 24.3. The monoisotopic (exact) mass is 329 g/mol. The molecule has 2 atom stereocenters. The minimum atomic E-state index is 0.00315. The molecule has 0 aromatic carbocycles. The summed E-state index contributed by atoms with van der Waals surface area (Å²) in [6.45, 7) is 1.26. The molecular weight excluding hydrogens is 318 g/mol. The largest absolute Gasteiger partial charge is 0.381 e. The van der Waals surface area contributed by atoms with Crippen molar-refractivity contribution in [3.63, 3.8) is 0 Å². The molecule has 0 saturated carbocycles. The lowest BCUT2D eigenvalue weighted by molar-refractivity contribution is 0.0590. The molecule has 7 heteroatoms. The fraction of sp³-hybridized carbons (Fsp3) is 0.455. The van der Waals surface area contributed by atoms with Gasteiger partial charge in [0.1, 0.15) is 0 Å². The smallest absolute Gasteiger partial charge is 0.234 e. The molecule has 3 rings (SSSR count). The van der Waals surface area contributed by atoms with Crippen LogP contribution in [0.1, 0.15) is 18.2 Å². The maximum Gasteiger partial charge on any atom is 0.234 e. The second-order valence-corrected chi connectivity index (χ2v) is 6.05. The van der Waals surface area contributed by atoms with E-state index in [0.29, 0.717) is 24.9 Å². The van der Waals surface area contributed by atoms with Crippen LogP contribution in [-0.2, 0) is 4.74 Å². The van der Waals surface area contributed by atoms with E-state index in [4.69, 9.17) is 15.0 Å². The Morgan fingerprint density at radius 3 is 3.11 bits per heavy atom. The average Bonchev–Trinajstić information content (AvgIpc) is 2.98. The fourth-order valence-corrected chi connectivity index (χ4v) is 3.28. The number of ether oxygens (including phenoxy) is 1. The molecule has 0 radical (unpaired) electrons. The van der Waals surface area contributed by atoms with Gasteiger partial charge in [0.15, 0.2) is 0 Å². The molecule has 1 fully saturated rings. The van der Waals surface area contributed by atoms with Gasteiger partial charge in [-0.05, 0) is 28.4 Å². The quantitative estimate of drug-likeness (QED) is 0.915. The number of hydrogen-bond acceptors (Lipinski definition) is 6. The van der Waals surface area contributed by atoms with E-state index in [9.17, 15) is 0 Å². The molecule has 0 bridgehead atoms. The summed E-state index contributed by atoms with van der Waals surface area (Å²) >= 11 is 4.98. The summed E-state index contributed by atoms with van der Waals surface area (Å²) in [5.74, 6) is 1.18. The average molecular weight is 330 g/mol. The highest BCUT2D eigenvalue weighted by atomic mass is 79.9. The Balaban J connectivity index is 1.84. The number of halogens is 1. The zero-order valence-electron chi connectivity index (χ0n) is 9.51. The zero-order valence-corrected chi connectivity index (χ0v) is 11.9. The molecule has 18 heavy (non-hydrogen) atoms. The van der Waals surface area contributed by atoms with Crippen LogP contribution in [0.5, 0.6) is 0 Å². The van der Waals surface area contributed by atoms with Gasteiger partial charge in [-0.25, -0.2) is 0 Å². The Morgan fingerprint density at radius 2 is 2.39 bits per heavy atom. The summed E-state index contributed by atoms with van der Waals surface area (Å²) < 4.78 is 11.7. The Hall–Kier alpha value is -0.760. The van der Waals surface area contributed by atoms with Gasteiger partial charge in [-0.1, -0.05) is 5.16 Å². The highest BCUT2D eigenvalue weighted by Crippen LogP contribution is 2.30. The second kappa shape index (κ2) is 5.08. The van der Waals surface area contributed by atoms with E-state index in [2.05, 4.69) is 26.1 Å². The molecule has 1 aliphatic heterocycles. The van der Waals surface area contributed by atoms with Crippen LogP contribution in [0, 0.1) is 0 Å². The fourth-order valence-electron chi connectivity index (χ4n) is 1.93. The molecule has 0 spiro atoms. The summed E-state index contributed by atoms with van der Waals surface area (Å²) in [4.78, 5) is 5.39. The first-order valence-corrected chi connectivity index (χ1v) is 7.32. The van der Waals surface area contributed by atoms with Crippen LogP contribution in [0.3, 0.4) is 0 Å². The molecule has 2 unspecified atom stereocenters. The second-order valence-electron chi connectivity index (χ2n) is 4.22. The number of rotatable bonds is 2. The van der Waals surface area contributed by atoms with Crippen LogP contribution >= 0.6 is 27.3 Å². The van der Waals surface area contributed by atoms with Gasteiger partial charge in [0.2, 0.25) is 11.7 Å². The molecule has 2 aromatic heterocycles. The Bertz CT molecular complexity index is 542. The van der Waals surface area contributed by atoms with Crippen molar-refractivity contribution in [2.24, 2.45) is 5.73 Å². The van der Waals surface area contributed by atoms with Gasteiger partial charge in [-0.15, -0.1) is 11.3 Å². The van der Waals surface area contributed by atoms with E-state index in [1.807, 2.05) is 11.4 Å². The molecule has 96 valence electrons. The van der Waals surface area contributed by atoms with Crippen molar-refractivity contribution in [3.8, 4) is 10.7 Å². The highest BCUT2D eigenvalue weighted by Gasteiger charge is 2.29. The maximum atomic E-state index is 6.05. The zero-order chi connectivity index (χ0) is 12.5. The standard InChI is InChI=1S/C11H12BrN3O2S/c12-6-3-9(18-5-6)10-14-11(17-15-10)7-4-16-2-1-8(7)13/h3,5,7-8H,1-2,4,13H2. The number of hydrogen-bond donors (Lipinski definition) is 1. The Labute approximate surface area is 116 Å². The van der Waals surface area contributed by atoms with E-state index in [1.54, 1.807) is 11.3 Å². The third-order valence-corrected chi connectivity index (χ3v) is 4.64. The van der Waals surface area contributed by atoms with Gasteiger partial charge in [-0.2, -0.15) is 4.98 Å². The molecule has 3 heterocycles. The molecular formula is C11H12BrN3O2S. The summed E-state index contributed by atoms with van der Waals surface area (Å²) in [6.07, 6.45) is 0.826. The summed E-state index contributed by atoms with van der Waals surface area (Å²) in [7, 11) is 0. The minimum Gasteiger partial charge on any atom is -0.381 e. The third kappa shape index (κ3) is 2.35. The van der Waals surface area contributed by atoms with Crippen LogP contribution in [0.15, 0.2) is 20.4 Å². The molecule has 1 aliphatic rings. The van der Waals surface area contributed by atoms with Gasteiger partial charge in [-0.3, -0.25) is 0 Å². The number of nitrogens with zero attached hydrogens (tertiary/aromatic N) is 2. The van der Waals surface area contributed by atoms with E-state index >= 15 is 0 Å². The van der Waals surface area contributed by atoms with Gasteiger partial charge in [0.05, 0.1) is 17.4 Å². The van der Waals surface area contributed by atoms with Crippen LogP contribution in [-0.4, -0.2) is 29.4 Å². The van der Waals surface area contributed by atoms with Crippen molar-refractivity contribution in [1.82, 2.24) is 10.1 Å². The number of aromatic nitrogens is 2. The van der Waals surface area contributed by atoms with Crippen molar-refractivity contribution in [2.75, 3.05) is 13.2 Å². The van der Waals surface area contributed by atoms with Crippen LogP contribution in [0.4, 0.5) is 0 Å². The van der Waals surface area contributed by atoms with Crippen molar-refractivity contribution in [3.05, 3.63) is 21.8 Å². The third-order valence-electron chi connectivity index (χ3n) is 2.96. The summed E-state index contributed by atoms with van der Waals surface area (Å²) in [6, 6.07) is 2.00. The van der Waals surface area contributed by atoms with Crippen LogP contribution in [0.25, 0.3) is 10.7 Å². The molecule has 1 saturated heterocycles. The minimum absolute atomic E-state index is 0.00315. The van der Waals surface area contributed by atoms with Gasteiger partial charge < -0.3 is 15.0 Å². The van der Waals surface area contributed by atoms with Crippen LogP contribution in [0.2, 0.25) is 0 Å². The predicted octanol–water partition coefficient (Wildman–Crippen LogP) is 2.39. The lowest BCUT2D eigenvalue weighted by atomic mass is 9.97. The van der Waals surface area contributed by atoms with Crippen molar-refractivity contribution >= 4 is 27.3 Å². The molecule has 2 N–H and O–H groups in total. The highest BCUT2D eigenvalue weighted by molar-refractivity contribution is 9.10. The summed E-state index contributed by atoms with van der Waals surface area (Å²) in [5.41, 5.74) is 6.05. The molecule has 0 amide bonds. The van der Waals surface area contributed by atoms with Crippen molar-refractivity contribution in [1.29, 1.82) is 0 Å². The van der Waals surface area contributed by atoms with E-state index < -0.39 is 0 Å². The predicted molar refractivity (Wildman–Crippen MR) is 71.5 cm³/mol. The first-order chi connectivity index (χ1) is 8.74. The summed E-state index contributed by atoms with van der Waals surface area (Å²) in [5, 5.41) is 5.99. The van der Waals surface area contributed by atoms with E-state index in [1.165, 1.54) is 0 Å². The topological polar surface area (TPSA) is 74.2 Å². The van der Waals surface area contributed by atoms with E-state index in [0.717, 1.165) is 15.8 Å². The first-order valence-electron chi connectivity index (χ1n) is 5.65. The maximum absolute atomic E-state index is 6.05. The number of thiophene rings is 1. The number of nitrogens with two attached hydrogens (primary N) is 1. The van der Waals surface area contributed by atoms with Gasteiger partial charge in [0.25, 0.3) is 0 Å². The van der Waals surface area contributed by atoms with E-state index in [-0.39, 0.29) is 12.0 Å². The Kier molecular flexibility index (Phi) is 3.47. The lowest BCUT2D eigenvalue weighted by Crippen LogP contribution is -2.37.